The van der Waals surface area contributed by atoms with E-state index in [-0.39, 0.29) is 0 Å². The van der Waals surface area contributed by atoms with Gasteiger partial charge >= 0.3 is 0 Å². The van der Waals surface area contributed by atoms with Crippen LogP contribution in [-0.2, 0) is 10.3 Å². The monoisotopic (exact) mass is 253 g/mol. The van der Waals surface area contributed by atoms with Gasteiger partial charge in [0.05, 0.1) is 17.9 Å². The van der Waals surface area contributed by atoms with Crippen molar-refractivity contribution in [3.63, 3.8) is 0 Å². The Kier molecular flexibility index (Phi) is 4.30. The highest BCUT2D eigenvalue weighted by molar-refractivity contribution is 5.17. The molecule has 2 atom stereocenters. The summed E-state index contributed by atoms with van der Waals surface area (Å²) in [5.41, 5.74) is -0.483. The van der Waals surface area contributed by atoms with Crippen molar-refractivity contribution < 1.29 is 14.2 Å². The molecular formula is C14H20FNO2. The Bertz CT molecular complexity index is 389. The third-order valence-electron chi connectivity index (χ3n) is 3.54. The highest BCUT2D eigenvalue weighted by Crippen LogP contribution is 2.28. The molecule has 1 fully saturated rings. The van der Waals surface area contributed by atoms with Crippen molar-refractivity contribution in [1.82, 2.24) is 4.98 Å². The summed E-state index contributed by atoms with van der Waals surface area (Å²) in [4.78, 5) is 3.78. The SMILES string of the molecule is CC(O)(CCCC1CCCO1)c1cncc(F)c1. The van der Waals surface area contributed by atoms with Crippen LogP contribution in [-0.4, -0.2) is 22.8 Å². The topological polar surface area (TPSA) is 42.4 Å². The van der Waals surface area contributed by atoms with Crippen molar-refractivity contribution in [3.8, 4) is 0 Å². The average molecular weight is 253 g/mol. The Morgan fingerprint density at radius 2 is 2.39 bits per heavy atom. The second kappa shape index (κ2) is 5.76. The normalized spacial score (nSPS) is 22.9. The number of halogens is 1. The van der Waals surface area contributed by atoms with Crippen LogP contribution in [0.15, 0.2) is 18.5 Å². The molecule has 2 unspecified atom stereocenters. The number of hydrogen-bond acceptors (Lipinski definition) is 3. The van der Waals surface area contributed by atoms with Crippen LogP contribution < -0.4 is 0 Å². The Morgan fingerprint density at radius 3 is 3.06 bits per heavy atom. The fourth-order valence-corrected chi connectivity index (χ4v) is 2.40. The van der Waals surface area contributed by atoms with Gasteiger partial charge in [-0.05, 0) is 45.1 Å². The quantitative estimate of drug-likeness (QED) is 0.877. The lowest BCUT2D eigenvalue weighted by Crippen LogP contribution is -2.22. The van der Waals surface area contributed by atoms with Crippen LogP contribution in [0.2, 0.25) is 0 Å². The first kappa shape index (κ1) is 13.4. The lowest BCUT2D eigenvalue weighted by Gasteiger charge is -2.24. The van der Waals surface area contributed by atoms with E-state index >= 15 is 0 Å². The maximum absolute atomic E-state index is 13.1. The van der Waals surface area contributed by atoms with Gasteiger partial charge in [0, 0.05) is 18.4 Å². The van der Waals surface area contributed by atoms with Crippen LogP contribution in [0.4, 0.5) is 4.39 Å². The molecule has 100 valence electrons. The Hall–Kier alpha value is -1.00. The number of aromatic nitrogens is 1. The molecule has 0 aliphatic carbocycles. The van der Waals surface area contributed by atoms with Crippen LogP contribution in [0.25, 0.3) is 0 Å². The molecule has 3 nitrogen and oxygen atoms in total. The van der Waals surface area contributed by atoms with E-state index in [1.54, 1.807) is 6.92 Å². The fraction of sp³-hybridized carbons (Fsp3) is 0.643. The molecule has 0 aromatic carbocycles. The van der Waals surface area contributed by atoms with Gasteiger partial charge in [-0.15, -0.1) is 0 Å². The molecule has 18 heavy (non-hydrogen) atoms. The summed E-state index contributed by atoms with van der Waals surface area (Å²) < 4.78 is 18.6. The van der Waals surface area contributed by atoms with Crippen molar-refractivity contribution in [3.05, 3.63) is 29.8 Å². The van der Waals surface area contributed by atoms with Gasteiger partial charge in [0.25, 0.3) is 0 Å². The predicted molar refractivity (Wildman–Crippen MR) is 66.6 cm³/mol. The van der Waals surface area contributed by atoms with Crippen molar-refractivity contribution in [1.29, 1.82) is 0 Å². The summed E-state index contributed by atoms with van der Waals surface area (Å²) in [7, 11) is 0. The highest BCUT2D eigenvalue weighted by atomic mass is 19.1. The maximum Gasteiger partial charge on any atom is 0.141 e. The zero-order valence-corrected chi connectivity index (χ0v) is 10.7. The number of nitrogens with zero attached hydrogens (tertiary/aromatic N) is 1. The third kappa shape index (κ3) is 3.50. The number of aliphatic hydroxyl groups is 1. The van der Waals surface area contributed by atoms with E-state index in [0.29, 0.717) is 18.1 Å². The van der Waals surface area contributed by atoms with Crippen LogP contribution in [0.3, 0.4) is 0 Å². The van der Waals surface area contributed by atoms with E-state index < -0.39 is 11.4 Å². The first-order valence-electron chi connectivity index (χ1n) is 6.53. The van der Waals surface area contributed by atoms with Gasteiger partial charge < -0.3 is 9.84 Å². The molecule has 1 aromatic rings. The molecule has 1 saturated heterocycles. The fourth-order valence-electron chi connectivity index (χ4n) is 2.40. The minimum Gasteiger partial charge on any atom is -0.385 e. The van der Waals surface area contributed by atoms with Gasteiger partial charge in [0.2, 0.25) is 0 Å². The first-order chi connectivity index (χ1) is 8.58. The van der Waals surface area contributed by atoms with Crippen LogP contribution >= 0.6 is 0 Å². The van der Waals surface area contributed by atoms with Crippen molar-refractivity contribution in [2.75, 3.05) is 6.61 Å². The maximum atomic E-state index is 13.1. The number of ether oxygens (including phenoxy) is 1. The molecular weight excluding hydrogens is 233 g/mol. The summed E-state index contributed by atoms with van der Waals surface area (Å²) >= 11 is 0. The van der Waals surface area contributed by atoms with Gasteiger partial charge in [-0.1, -0.05) is 0 Å². The molecule has 2 heterocycles. The minimum absolute atomic E-state index is 0.339. The molecule has 0 radical (unpaired) electrons. The largest absolute Gasteiger partial charge is 0.385 e. The summed E-state index contributed by atoms with van der Waals surface area (Å²) in [6.45, 7) is 2.56. The van der Waals surface area contributed by atoms with Crippen molar-refractivity contribution >= 4 is 0 Å². The molecule has 1 aliphatic heterocycles. The lowest BCUT2D eigenvalue weighted by molar-refractivity contribution is 0.0366. The van der Waals surface area contributed by atoms with Crippen molar-refractivity contribution in [2.24, 2.45) is 0 Å². The van der Waals surface area contributed by atoms with Gasteiger partial charge in [0.15, 0.2) is 0 Å². The summed E-state index contributed by atoms with van der Waals surface area (Å²) in [6, 6.07) is 1.35. The molecule has 1 aliphatic rings. The van der Waals surface area contributed by atoms with Crippen LogP contribution in [0, 0.1) is 5.82 Å². The average Bonchev–Trinajstić information content (AvgIpc) is 2.82. The smallest absolute Gasteiger partial charge is 0.141 e. The number of rotatable bonds is 5. The number of pyridine rings is 1. The zero-order valence-electron chi connectivity index (χ0n) is 10.7. The van der Waals surface area contributed by atoms with Crippen LogP contribution in [0.5, 0.6) is 0 Å². The van der Waals surface area contributed by atoms with Gasteiger partial charge in [-0.2, -0.15) is 0 Å². The van der Waals surface area contributed by atoms with E-state index in [4.69, 9.17) is 4.74 Å². The Balaban J connectivity index is 1.86. The van der Waals surface area contributed by atoms with E-state index in [1.165, 1.54) is 12.3 Å². The summed E-state index contributed by atoms with van der Waals surface area (Å²) in [5, 5.41) is 10.3. The third-order valence-corrected chi connectivity index (χ3v) is 3.54. The summed E-state index contributed by atoms with van der Waals surface area (Å²) in [6.07, 6.45) is 7.68. The molecule has 0 saturated carbocycles. The van der Waals surface area contributed by atoms with E-state index in [9.17, 15) is 9.50 Å². The molecule has 0 amide bonds. The van der Waals surface area contributed by atoms with Gasteiger partial charge in [-0.3, -0.25) is 4.98 Å². The molecule has 0 spiro atoms. The van der Waals surface area contributed by atoms with Crippen molar-refractivity contribution in [2.45, 2.75) is 50.7 Å². The van der Waals surface area contributed by atoms with Gasteiger partial charge in [-0.25, -0.2) is 4.39 Å². The van der Waals surface area contributed by atoms with Gasteiger partial charge in [0.1, 0.15) is 5.82 Å². The minimum atomic E-state index is -1.02. The van der Waals surface area contributed by atoms with E-state index in [1.807, 2.05) is 0 Å². The number of hydrogen-bond donors (Lipinski definition) is 1. The zero-order chi connectivity index (χ0) is 13.0. The molecule has 2 rings (SSSR count). The van der Waals surface area contributed by atoms with E-state index in [2.05, 4.69) is 4.98 Å². The second-order valence-corrected chi connectivity index (χ2v) is 5.19. The molecule has 1 aromatic heterocycles. The Morgan fingerprint density at radius 1 is 1.56 bits per heavy atom. The lowest BCUT2D eigenvalue weighted by atomic mass is 9.91. The van der Waals surface area contributed by atoms with E-state index in [0.717, 1.165) is 38.5 Å². The highest BCUT2D eigenvalue weighted by Gasteiger charge is 2.24. The van der Waals surface area contributed by atoms with Crippen LogP contribution in [0.1, 0.15) is 44.6 Å². The second-order valence-electron chi connectivity index (χ2n) is 5.19. The standard InChI is InChI=1S/C14H20FNO2/c1-14(17,11-8-12(15)10-16-9-11)6-2-4-13-5-3-7-18-13/h8-10,13,17H,2-7H2,1H3. The predicted octanol–water partition coefficient (Wildman–Crippen LogP) is 2.78. The molecule has 1 N–H and O–H groups in total. The molecule has 0 bridgehead atoms. The first-order valence-corrected chi connectivity index (χ1v) is 6.53. The summed E-state index contributed by atoms with van der Waals surface area (Å²) in [5.74, 6) is -0.410. The molecule has 4 heteroatoms. The Labute approximate surface area is 107 Å².